The minimum absolute atomic E-state index is 0.283. The van der Waals surface area contributed by atoms with Crippen LogP contribution in [-0.4, -0.2) is 45.3 Å². The Kier molecular flexibility index (Phi) is 7.19. The number of benzene rings is 1. The van der Waals surface area contributed by atoms with Gasteiger partial charge in [0.05, 0.1) is 18.3 Å². The highest BCUT2D eigenvalue weighted by Crippen LogP contribution is 2.24. The van der Waals surface area contributed by atoms with Gasteiger partial charge in [-0.25, -0.2) is 4.39 Å². The van der Waals surface area contributed by atoms with Gasteiger partial charge >= 0.3 is 6.43 Å². The van der Waals surface area contributed by atoms with Crippen molar-refractivity contribution in [2.75, 3.05) is 12.0 Å². The molecule has 1 amide bonds. The number of anilines is 1. The molecule has 3 aromatic rings. The number of amides is 1. The van der Waals surface area contributed by atoms with Crippen LogP contribution >= 0.6 is 0 Å². The third-order valence-electron chi connectivity index (χ3n) is 4.44. The van der Waals surface area contributed by atoms with Crippen LogP contribution in [0.1, 0.15) is 23.3 Å². The highest BCUT2D eigenvalue weighted by atomic mass is 19.3. The Morgan fingerprint density at radius 3 is 2.42 bits per heavy atom. The van der Waals surface area contributed by atoms with Crippen molar-refractivity contribution in [2.24, 2.45) is 0 Å². The van der Waals surface area contributed by atoms with E-state index in [1.54, 1.807) is 30.6 Å². The Morgan fingerprint density at radius 1 is 1.16 bits per heavy atom. The predicted molar refractivity (Wildman–Crippen MR) is 105 cm³/mol. The molecule has 0 unspecified atom stereocenters. The number of nitrogens with zero attached hydrogens (tertiary/aromatic N) is 3. The van der Waals surface area contributed by atoms with Crippen molar-refractivity contribution in [1.82, 2.24) is 20.4 Å². The largest absolute Gasteiger partial charge is 0.386 e. The standard InChI is InChI=1S/C20H20F3N5O3/c1-11-26-20(28-31-11)25-10-15-7-6-14(9-24-15)12-2-4-13(5-3-12)17(29)16(8-21)27-19(30)18(22)23/h2-7,9,16-18,29H,8,10H2,1H3,(H,25,28)(H,27,30)/t16-,17-/m1/s1. The fourth-order valence-electron chi connectivity index (χ4n) is 2.79. The maximum absolute atomic E-state index is 13.1. The number of nitrogens with one attached hydrogen (secondary N) is 2. The molecule has 31 heavy (non-hydrogen) atoms. The first-order chi connectivity index (χ1) is 14.9. The van der Waals surface area contributed by atoms with Gasteiger partial charge in [-0.2, -0.15) is 13.8 Å². The van der Waals surface area contributed by atoms with Gasteiger partial charge in [0.25, 0.3) is 11.9 Å². The van der Waals surface area contributed by atoms with Crippen molar-refractivity contribution in [3.8, 4) is 11.1 Å². The number of aryl methyl sites for hydroxylation is 1. The summed E-state index contributed by atoms with van der Waals surface area (Å²) in [7, 11) is 0. The molecule has 0 bridgehead atoms. The van der Waals surface area contributed by atoms with Crippen LogP contribution in [0.25, 0.3) is 11.1 Å². The van der Waals surface area contributed by atoms with Crippen LogP contribution in [0.15, 0.2) is 47.1 Å². The third-order valence-corrected chi connectivity index (χ3v) is 4.44. The van der Waals surface area contributed by atoms with Crippen molar-refractivity contribution < 1.29 is 27.6 Å². The maximum atomic E-state index is 13.1. The molecule has 0 aliphatic rings. The fourth-order valence-corrected chi connectivity index (χ4v) is 2.79. The molecule has 3 N–H and O–H groups in total. The SMILES string of the molecule is Cc1nc(NCc2ccc(-c3ccc([C@@H](O)[C@@H](CF)NC(=O)C(F)F)cc3)cn2)no1. The number of aliphatic hydroxyl groups is 1. The van der Waals surface area contributed by atoms with Crippen molar-refractivity contribution in [3.05, 3.63) is 59.7 Å². The van der Waals surface area contributed by atoms with E-state index >= 15 is 0 Å². The zero-order valence-electron chi connectivity index (χ0n) is 16.4. The second kappa shape index (κ2) is 10.0. The lowest BCUT2D eigenvalue weighted by Crippen LogP contribution is -2.43. The van der Waals surface area contributed by atoms with Gasteiger partial charge < -0.3 is 20.3 Å². The van der Waals surface area contributed by atoms with Gasteiger partial charge in [-0.3, -0.25) is 9.78 Å². The number of carbonyl (C=O) groups excluding carboxylic acids is 1. The zero-order chi connectivity index (χ0) is 22.4. The van der Waals surface area contributed by atoms with Crippen LogP contribution in [0.3, 0.4) is 0 Å². The lowest BCUT2D eigenvalue weighted by atomic mass is 9.99. The van der Waals surface area contributed by atoms with Crippen LogP contribution in [0.5, 0.6) is 0 Å². The Morgan fingerprint density at radius 2 is 1.87 bits per heavy atom. The van der Waals surface area contributed by atoms with Crippen LogP contribution < -0.4 is 10.6 Å². The molecule has 0 radical (unpaired) electrons. The van der Waals surface area contributed by atoms with E-state index in [1.807, 2.05) is 12.1 Å². The van der Waals surface area contributed by atoms with Crippen molar-refractivity contribution in [1.29, 1.82) is 0 Å². The van der Waals surface area contributed by atoms with Crippen molar-refractivity contribution in [2.45, 2.75) is 32.0 Å². The van der Waals surface area contributed by atoms with E-state index in [0.717, 1.165) is 16.8 Å². The molecule has 0 spiro atoms. The number of aromatic nitrogens is 3. The molecule has 0 aliphatic carbocycles. The summed E-state index contributed by atoms with van der Waals surface area (Å²) in [4.78, 5) is 19.5. The van der Waals surface area contributed by atoms with Crippen molar-refractivity contribution >= 4 is 11.9 Å². The first-order valence-electron chi connectivity index (χ1n) is 9.29. The normalized spacial score (nSPS) is 13.1. The molecule has 0 saturated carbocycles. The Bertz CT molecular complexity index is 996. The number of hydrogen-bond acceptors (Lipinski definition) is 7. The molecule has 1 aromatic carbocycles. The summed E-state index contributed by atoms with van der Waals surface area (Å²) in [5.41, 5.74) is 2.61. The van der Waals surface area contributed by atoms with Crippen LogP contribution in [-0.2, 0) is 11.3 Å². The summed E-state index contributed by atoms with van der Waals surface area (Å²) < 4.78 is 42.7. The average Bonchev–Trinajstić information content (AvgIpc) is 3.21. The van der Waals surface area contributed by atoms with E-state index in [4.69, 9.17) is 4.52 Å². The van der Waals surface area contributed by atoms with Gasteiger partial charge in [0.15, 0.2) is 0 Å². The molecule has 0 aliphatic heterocycles. The molecule has 8 nitrogen and oxygen atoms in total. The highest BCUT2D eigenvalue weighted by molar-refractivity contribution is 5.79. The summed E-state index contributed by atoms with van der Waals surface area (Å²) in [5, 5.41) is 18.7. The molecule has 2 heterocycles. The molecule has 2 atom stereocenters. The Labute approximate surface area is 175 Å². The molecule has 3 rings (SSSR count). The summed E-state index contributed by atoms with van der Waals surface area (Å²) in [5.74, 6) is -0.809. The lowest BCUT2D eigenvalue weighted by Gasteiger charge is -2.22. The predicted octanol–water partition coefficient (Wildman–Crippen LogP) is 2.80. The van der Waals surface area contributed by atoms with E-state index in [9.17, 15) is 23.1 Å². The molecule has 11 heteroatoms. The molecular weight excluding hydrogens is 415 g/mol. The van der Waals surface area contributed by atoms with Crippen LogP contribution in [0.2, 0.25) is 0 Å². The van der Waals surface area contributed by atoms with E-state index in [0.29, 0.717) is 18.4 Å². The summed E-state index contributed by atoms with van der Waals surface area (Å²) in [6, 6.07) is 8.63. The number of aliphatic hydroxyl groups excluding tert-OH is 1. The smallest absolute Gasteiger partial charge is 0.315 e. The molecule has 0 fully saturated rings. The number of alkyl halides is 3. The van der Waals surface area contributed by atoms with E-state index in [-0.39, 0.29) is 5.56 Å². The van der Waals surface area contributed by atoms with Gasteiger partial charge in [-0.1, -0.05) is 30.3 Å². The Balaban J connectivity index is 1.63. The first kappa shape index (κ1) is 22.2. The fraction of sp³-hybridized carbons (Fsp3) is 0.300. The molecule has 164 valence electrons. The number of pyridine rings is 1. The van der Waals surface area contributed by atoms with Crippen molar-refractivity contribution in [3.63, 3.8) is 0 Å². The Hall–Kier alpha value is -3.47. The monoisotopic (exact) mass is 435 g/mol. The van der Waals surface area contributed by atoms with Gasteiger partial charge in [0.2, 0.25) is 5.89 Å². The second-order valence-corrected chi connectivity index (χ2v) is 6.67. The molecule has 0 saturated heterocycles. The second-order valence-electron chi connectivity index (χ2n) is 6.67. The van der Waals surface area contributed by atoms with Crippen LogP contribution in [0, 0.1) is 6.92 Å². The van der Waals surface area contributed by atoms with Gasteiger partial charge in [-0.05, 0) is 22.3 Å². The van der Waals surface area contributed by atoms with Crippen LogP contribution in [0.4, 0.5) is 19.1 Å². The molecule has 2 aromatic heterocycles. The van der Waals surface area contributed by atoms with Gasteiger partial charge in [-0.15, -0.1) is 0 Å². The summed E-state index contributed by atoms with van der Waals surface area (Å²) >= 11 is 0. The topological polar surface area (TPSA) is 113 Å². The summed E-state index contributed by atoms with van der Waals surface area (Å²) in [6.07, 6.45) is -3.09. The number of carbonyl (C=O) groups is 1. The lowest BCUT2D eigenvalue weighted by molar-refractivity contribution is -0.133. The first-order valence-corrected chi connectivity index (χ1v) is 9.29. The van der Waals surface area contributed by atoms with E-state index in [1.165, 1.54) is 12.1 Å². The molecular formula is C20H20F3N5O3. The maximum Gasteiger partial charge on any atom is 0.315 e. The van der Waals surface area contributed by atoms with Gasteiger partial charge in [0.1, 0.15) is 12.8 Å². The minimum atomic E-state index is -3.29. The van der Waals surface area contributed by atoms with E-state index in [2.05, 4.69) is 20.4 Å². The quantitative estimate of drug-likeness (QED) is 0.474. The zero-order valence-corrected chi connectivity index (χ0v) is 16.4. The third kappa shape index (κ3) is 5.79. The number of halogens is 3. The van der Waals surface area contributed by atoms with Gasteiger partial charge in [0, 0.05) is 18.7 Å². The number of rotatable bonds is 9. The average molecular weight is 435 g/mol. The van der Waals surface area contributed by atoms with E-state index < -0.39 is 31.2 Å². The number of hydrogen-bond donors (Lipinski definition) is 3. The minimum Gasteiger partial charge on any atom is -0.386 e. The summed E-state index contributed by atoms with van der Waals surface area (Å²) in [6.45, 7) is 0.899. The highest BCUT2D eigenvalue weighted by Gasteiger charge is 2.26.